The molecule has 0 bridgehead atoms. The average Bonchev–Trinajstić information content (AvgIpc) is 2.85. The van der Waals surface area contributed by atoms with Crippen LogP contribution in [0.3, 0.4) is 0 Å². The van der Waals surface area contributed by atoms with Gasteiger partial charge in [0, 0.05) is 19.6 Å². The smallest absolute Gasteiger partial charge is 0.124 e. The monoisotopic (exact) mass is 263 g/mol. The maximum absolute atomic E-state index is 13.5. The van der Waals surface area contributed by atoms with Crippen LogP contribution in [0.2, 0.25) is 0 Å². The topological polar surface area (TPSA) is 71.1 Å². The third kappa shape index (κ3) is 3.29. The van der Waals surface area contributed by atoms with Crippen LogP contribution >= 0.6 is 0 Å². The van der Waals surface area contributed by atoms with Gasteiger partial charge in [0.05, 0.1) is 11.6 Å². The maximum Gasteiger partial charge on any atom is 0.124 e. The number of nitrogens with one attached hydrogen (secondary N) is 1. The second kappa shape index (κ2) is 6.11. The van der Waals surface area contributed by atoms with E-state index in [9.17, 15) is 4.39 Å². The molecule has 1 aromatic rings. The lowest BCUT2D eigenvalue weighted by atomic mass is 9.85. The van der Waals surface area contributed by atoms with E-state index in [4.69, 9.17) is 15.7 Å². The molecule has 0 aliphatic carbocycles. The Morgan fingerprint density at radius 2 is 2.32 bits per heavy atom. The quantitative estimate of drug-likeness (QED) is 0.804. The summed E-state index contributed by atoms with van der Waals surface area (Å²) in [4.78, 5) is 0. The number of nitrogens with two attached hydrogens (primary N) is 1. The summed E-state index contributed by atoms with van der Waals surface area (Å²) in [6.45, 7) is 1.61. The SMILES string of the molecule is COC(N)CC1CNCC1c1cc(F)cc(C#N)c1. The zero-order valence-electron chi connectivity index (χ0n) is 10.9. The summed E-state index contributed by atoms with van der Waals surface area (Å²) in [7, 11) is 1.58. The molecule has 1 aliphatic heterocycles. The third-order valence-corrected chi connectivity index (χ3v) is 3.65. The van der Waals surface area contributed by atoms with Gasteiger partial charge in [-0.25, -0.2) is 4.39 Å². The van der Waals surface area contributed by atoms with Crippen LogP contribution in [0.15, 0.2) is 18.2 Å². The van der Waals surface area contributed by atoms with Gasteiger partial charge in [0.25, 0.3) is 0 Å². The number of halogens is 1. The molecule has 4 nitrogen and oxygen atoms in total. The molecule has 0 saturated carbocycles. The molecule has 3 unspecified atom stereocenters. The van der Waals surface area contributed by atoms with E-state index in [-0.39, 0.29) is 18.0 Å². The molecule has 1 saturated heterocycles. The zero-order valence-corrected chi connectivity index (χ0v) is 10.9. The molecule has 0 radical (unpaired) electrons. The highest BCUT2D eigenvalue weighted by atomic mass is 19.1. The van der Waals surface area contributed by atoms with Crippen LogP contribution in [0.5, 0.6) is 0 Å². The van der Waals surface area contributed by atoms with Gasteiger partial charge < -0.3 is 15.8 Å². The standard InChI is InChI=1S/C14H18FN3O/c1-19-14(17)5-11-7-18-8-13(11)10-2-9(6-16)3-12(15)4-10/h2-4,11,13-14,18H,5,7-8,17H2,1H3. The summed E-state index contributed by atoms with van der Waals surface area (Å²) in [5.41, 5.74) is 7.02. The Labute approximate surface area is 112 Å². The van der Waals surface area contributed by atoms with Gasteiger partial charge in [0.15, 0.2) is 0 Å². The van der Waals surface area contributed by atoms with Crippen molar-refractivity contribution < 1.29 is 9.13 Å². The van der Waals surface area contributed by atoms with E-state index >= 15 is 0 Å². The van der Waals surface area contributed by atoms with Gasteiger partial charge in [0.1, 0.15) is 12.0 Å². The van der Waals surface area contributed by atoms with Gasteiger partial charge >= 0.3 is 0 Å². The van der Waals surface area contributed by atoms with E-state index in [2.05, 4.69) is 5.32 Å². The molecule has 5 heteroatoms. The summed E-state index contributed by atoms with van der Waals surface area (Å²) < 4.78 is 18.6. The van der Waals surface area contributed by atoms with E-state index in [1.165, 1.54) is 12.1 Å². The van der Waals surface area contributed by atoms with Crippen LogP contribution in [-0.4, -0.2) is 26.4 Å². The van der Waals surface area contributed by atoms with Crippen molar-refractivity contribution in [2.75, 3.05) is 20.2 Å². The molecular formula is C14H18FN3O. The van der Waals surface area contributed by atoms with Crippen molar-refractivity contribution in [3.63, 3.8) is 0 Å². The molecule has 3 atom stereocenters. The van der Waals surface area contributed by atoms with Gasteiger partial charge in [-0.15, -0.1) is 0 Å². The maximum atomic E-state index is 13.5. The summed E-state index contributed by atoms with van der Waals surface area (Å²) >= 11 is 0. The van der Waals surface area contributed by atoms with E-state index in [1.807, 2.05) is 6.07 Å². The Balaban J connectivity index is 2.20. The fraction of sp³-hybridized carbons (Fsp3) is 0.500. The minimum absolute atomic E-state index is 0.170. The molecule has 0 aromatic heterocycles. The molecule has 1 aromatic carbocycles. The summed E-state index contributed by atoms with van der Waals surface area (Å²) in [5, 5.41) is 12.2. The van der Waals surface area contributed by atoms with Crippen molar-refractivity contribution in [3.05, 3.63) is 35.1 Å². The Kier molecular flexibility index (Phi) is 4.48. The average molecular weight is 263 g/mol. The van der Waals surface area contributed by atoms with Crippen molar-refractivity contribution in [1.29, 1.82) is 5.26 Å². The van der Waals surface area contributed by atoms with Gasteiger partial charge in [-0.05, 0) is 42.6 Å². The fourth-order valence-electron chi connectivity index (χ4n) is 2.66. The molecule has 102 valence electrons. The minimum Gasteiger partial charge on any atom is -0.367 e. The second-order valence-electron chi connectivity index (χ2n) is 4.92. The lowest BCUT2D eigenvalue weighted by molar-refractivity contribution is 0.0856. The number of nitriles is 1. The first-order chi connectivity index (χ1) is 9.13. The van der Waals surface area contributed by atoms with Gasteiger partial charge in [-0.2, -0.15) is 5.26 Å². The molecule has 2 rings (SSSR count). The Morgan fingerprint density at radius 1 is 1.53 bits per heavy atom. The van der Waals surface area contributed by atoms with E-state index < -0.39 is 0 Å². The highest BCUT2D eigenvalue weighted by Crippen LogP contribution is 2.32. The zero-order chi connectivity index (χ0) is 13.8. The number of hydrogen-bond acceptors (Lipinski definition) is 4. The van der Waals surface area contributed by atoms with Crippen molar-refractivity contribution in [3.8, 4) is 6.07 Å². The van der Waals surface area contributed by atoms with Crippen molar-refractivity contribution in [2.45, 2.75) is 18.6 Å². The number of rotatable bonds is 4. The predicted octanol–water partition coefficient (Wildman–Crippen LogP) is 1.32. The highest BCUT2D eigenvalue weighted by Gasteiger charge is 2.30. The normalized spacial score (nSPS) is 24.1. The first kappa shape index (κ1) is 13.9. The molecule has 0 spiro atoms. The van der Waals surface area contributed by atoms with Crippen molar-refractivity contribution in [1.82, 2.24) is 5.32 Å². The van der Waals surface area contributed by atoms with Crippen LogP contribution in [0.25, 0.3) is 0 Å². The first-order valence-corrected chi connectivity index (χ1v) is 6.33. The third-order valence-electron chi connectivity index (χ3n) is 3.65. The number of hydrogen-bond donors (Lipinski definition) is 2. The number of methoxy groups -OCH3 is 1. The van der Waals surface area contributed by atoms with Crippen molar-refractivity contribution >= 4 is 0 Å². The van der Waals surface area contributed by atoms with Crippen LogP contribution < -0.4 is 11.1 Å². The first-order valence-electron chi connectivity index (χ1n) is 6.33. The molecule has 19 heavy (non-hydrogen) atoms. The largest absolute Gasteiger partial charge is 0.367 e. The van der Waals surface area contributed by atoms with Gasteiger partial charge in [-0.3, -0.25) is 0 Å². The number of benzene rings is 1. The summed E-state index contributed by atoms with van der Waals surface area (Å²) in [6.07, 6.45) is 0.406. The summed E-state index contributed by atoms with van der Waals surface area (Å²) in [6, 6.07) is 6.50. The van der Waals surface area contributed by atoms with Gasteiger partial charge in [0.2, 0.25) is 0 Å². The van der Waals surface area contributed by atoms with Crippen LogP contribution in [0.1, 0.15) is 23.5 Å². The van der Waals surface area contributed by atoms with Crippen LogP contribution in [0, 0.1) is 23.1 Å². The van der Waals surface area contributed by atoms with E-state index in [0.29, 0.717) is 17.9 Å². The predicted molar refractivity (Wildman–Crippen MR) is 69.8 cm³/mol. The Morgan fingerprint density at radius 3 is 3.00 bits per heavy atom. The minimum atomic E-state index is -0.365. The number of ether oxygens (including phenoxy) is 1. The molecule has 3 N–H and O–H groups in total. The lowest BCUT2D eigenvalue weighted by Crippen LogP contribution is -2.28. The number of nitrogens with zero attached hydrogens (tertiary/aromatic N) is 1. The highest BCUT2D eigenvalue weighted by molar-refractivity contribution is 5.36. The lowest BCUT2D eigenvalue weighted by Gasteiger charge is -2.21. The molecule has 1 aliphatic rings. The fourth-order valence-corrected chi connectivity index (χ4v) is 2.66. The van der Waals surface area contributed by atoms with Crippen LogP contribution in [0.4, 0.5) is 4.39 Å². The van der Waals surface area contributed by atoms with Crippen molar-refractivity contribution in [2.24, 2.45) is 11.7 Å². The Bertz CT molecular complexity index is 486. The Hall–Kier alpha value is -1.48. The van der Waals surface area contributed by atoms with E-state index in [1.54, 1.807) is 13.2 Å². The molecular weight excluding hydrogens is 245 g/mol. The summed E-state index contributed by atoms with van der Waals surface area (Å²) in [5.74, 6) is 0.100. The molecule has 1 fully saturated rings. The van der Waals surface area contributed by atoms with E-state index in [0.717, 1.165) is 18.7 Å². The molecule has 0 amide bonds. The molecule has 1 heterocycles. The van der Waals surface area contributed by atoms with Gasteiger partial charge in [-0.1, -0.05) is 0 Å². The van der Waals surface area contributed by atoms with Crippen LogP contribution in [-0.2, 0) is 4.74 Å². The second-order valence-corrected chi connectivity index (χ2v) is 4.92.